The smallest absolute Gasteiger partial charge is 0.367 e. The lowest BCUT2D eigenvalue weighted by Crippen LogP contribution is -2.47. The monoisotopic (exact) mass is 611 g/mol. The molecule has 44 heavy (non-hydrogen) atoms. The van der Waals surface area contributed by atoms with E-state index in [0.717, 1.165) is 50.9 Å². The number of carbonyl (C=O) groups excluding carboxylic acids is 1. The molecule has 3 aliphatic carbocycles. The molecule has 0 spiro atoms. The molecule has 1 aromatic heterocycles. The highest BCUT2D eigenvalue weighted by atomic mass is 19.4. The van der Waals surface area contributed by atoms with Crippen LogP contribution in [0, 0.1) is 22.7 Å². The molecule has 3 saturated carbocycles. The van der Waals surface area contributed by atoms with Crippen molar-refractivity contribution in [3.05, 3.63) is 52.6 Å². The average molecular weight is 612 g/mol. The van der Waals surface area contributed by atoms with E-state index in [0.29, 0.717) is 41.5 Å². The number of hydrogen-bond donors (Lipinski definition) is 4. The van der Waals surface area contributed by atoms with E-state index >= 15 is 0 Å². The number of amides is 1. The van der Waals surface area contributed by atoms with Crippen molar-refractivity contribution in [2.24, 2.45) is 11.8 Å². The van der Waals surface area contributed by atoms with Crippen molar-refractivity contribution in [1.82, 2.24) is 15.2 Å². The molecule has 238 valence electrons. The Labute approximate surface area is 257 Å². The van der Waals surface area contributed by atoms with Crippen molar-refractivity contribution in [2.45, 2.75) is 102 Å². The molecule has 2 aromatic rings. The molecule has 0 bridgehead atoms. The zero-order valence-electron chi connectivity index (χ0n) is 25.9. The number of pyridine rings is 1. The number of fused-ring (bicyclic) bond motifs is 1. The Morgan fingerprint density at radius 3 is 2.48 bits per heavy atom. The van der Waals surface area contributed by atoms with Crippen LogP contribution < -0.4 is 15.5 Å². The molecule has 8 nitrogen and oxygen atoms in total. The Balaban J connectivity index is 0.000000296. The molecule has 11 heteroatoms. The lowest BCUT2D eigenvalue weighted by atomic mass is 9.75. The van der Waals surface area contributed by atoms with E-state index in [1.165, 1.54) is 30.1 Å². The van der Waals surface area contributed by atoms with Crippen LogP contribution in [0.3, 0.4) is 0 Å². The van der Waals surface area contributed by atoms with Crippen LogP contribution in [-0.2, 0) is 19.3 Å². The second-order valence-electron chi connectivity index (χ2n) is 13.2. The number of nitrogens with zero attached hydrogens (tertiary/aromatic N) is 3. The van der Waals surface area contributed by atoms with Crippen molar-refractivity contribution in [3.63, 3.8) is 0 Å². The van der Waals surface area contributed by atoms with Gasteiger partial charge in [0.2, 0.25) is 0 Å². The predicted molar refractivity (Wildman–Crippen MR) is 167 cm³/mol. The Hall–Kier alpha value is -3.47. The lowest BCUT2D eigenvalue weighted by molar-refractivity contribution is -0.138. The zero-order chi connectivity index (χ0) is 31.6. The van der Waals surface area contributed by atoms with E-state index in [9.17, 15) is 18.0 Å². The summed E-state index contributed by atoms with van der Waals surface area (Å²) in [6, 6.07) is 8.45. The normalized spacial score (nSPS) is 22.3. The number of benzene rings is 1. The van der Waals surface area contributed by atoms with Crippen molar-refractivity contribution in [1.29, 1.82) is 10.8 Å². The highest BCUT2D eigenvalue weighted by Crippen LogP contribution is 2.40. The molecular weight excluding hydrogens is 567 g/mol. The molecule has 0 unspecified atom stereocenters. The first-order chi connectivity index (χ1) is 20.9. The lowest BCUT2D eigenvalue weighted by Gasteiger charge is -2.39. The van der Waals surface area contributed by atoms with Gasteiger partial charge in [-0.2, -0.15) is 13.2 Å². The fourth-order valence-corrected chi connectivity index (χ4v) is 6.62. The molecule has 4 aliphatic rings. The van der Waals surface area contributed by atoms with Crippen LogP contribution >= 0.6 is 0 Å². The molecule has 1 aliphatic heterocycles. The molecule has 1 amide bonds. The van der Waals surface area contributed by atoms with Crippen molar-refractivity contribution >= 4 is 29.7 Å². The van der Waals surface area contributed by atoms with Crippen LogP contribution in [-0.4, -0.2) is 46.6 Å². The molecule has 4 N–H and O–H groups in total. The SMILES string of the molecule is CC1(NCc2cc3c(c(C(F)(F)F)c2)CN(c2cccc(NC4CCCC4)n2)C3=O)CCC1.CC1CC(C(=N)N(C)C=N)C1. The Bertz CT molecular complexity index is 1380. The van der Waals surface area contributed by atoms with Gasteiger partial charge in [-0.3, -0.25) is 20.5 Å². The quantitative estimate of drug-likeness (QED) is 0.187. The topological polar surface area (TPSA) is 108 Å². The number of carbonyl (C=O) groups is 1. The maximum Gasteiger partial charge on any atom is 0.416 e. The largest absolute Gasteiger partial charge is 0.416 e. The van der Waals surface area contributed by atoms with E-state index in [2.05, 4.69) is 29.5 Å². The van der Waals surface area contributed by atoms with Crippen LogP contribution in [0.15, 0.2) is 30.3 Å². The minimum Gasteiger partial charge on any atom is -0.367 e. The number of rotatable bonds is 8. The molecule has 0 atom stereocenters. The molecule has 0 radical (unpaired) electrons. The van der Waals surface area contributed by atoms with E-state index in [1.54, 1.807) is 30.1 Å². The van der Waals surface area contributed by atoms with Gasteiger partial charge >= 0.3 is 6.18 Å². The molecule has 2 heterocycles. The van der Waals surface area contributed by atoms with Gasteiger partial charge in [0.1, 0.15) is 17.5 Å². The number of nitrogens with one attached hydrogen (secondary N) is 4. The van der Waals surface area contributed by atoms with Crippen molar-refractivity contribution in [2.75, 3.05) is 17.3 Å². The average Bonchev–Trinajstić information content (AvgIpc) is 3.59. The Kier molecular flexibility index (Phi) is 9.34. The molecule has 1 aromatic carbocycles. The van der Waals surface area contributed by atoms with Crippen LogP contribution in [0.1, 0.15) is 98.7 Å². The summed E-state index contributed by atoms with van der Waals surface area (Å²) in [5.41, 5.74) is -0.136. The Morgan fingerprint density at radius 2 is 1.89 bits per heavy atom. The fraction of sp³-hybridized carbons (Fsp3) is 0.576. The highest BCUT2D eigenvalue weighted by molar-refractivity contribution is 6.10. The van der Waals surface area contributed by atoms with E-state index in [4.69, 9.17) is 10.8 Å². The summed E-state index contributed by atoms with van der Waals surface area (Å²) in [6.07, 6.45) is 6.55. The van der Waals surface area contributed by atoms with Gasteiger partial charge in [-0.1, -0.05) is 25.8 Å². The van der Waals surface area contributed by atoms with Gasteiger partial charge in [0.05, 0.1) is 18.4 Å². The fourth-order valence-electron chi connectivity index (χ4n) is 6.62. The second-order valence-corrected chi connectivity index (χ2v) is 13.2. The van der Waals surface area contributed by atoms with E-state index < -0.39 is 17.6 Å². The number of alkyl halides is 3. The number of amidine groups is 1. The van der Waals surface area contributed by atoms with Crippen LogP contribution in [0.4, 0.5) is 24.8 Å². The molecule has 6 rings (SSSR count). The summed E-state index contributed by atoms with van der Waals surface area (Å²) >= 11 is 0. The summed E-state index contributed by atoms with van der Waals surface area (Å²) < 4.78 is 41.8. The number of halogens is 3. The highest BCUT2D eigenvalue weighted by Gasteiger charge is 2.41. The van der Waals surface area contributed by atoms with Crippen LogP contribution in [0.25, 0.3) is 0 Å². The van der Waals surface area contributed by atoms with E-state index in [-0.39, 0.29) is 23.2 Å². The van der Waals surface area contributed by atoms with Gasteiger partial charge in [-0.25, -0.2) is 4.98 Å². The number of hydrogen-bond acceptors (Lipinski definition) is 6. The van der Waals surface area contributed by atoms with Gasteiger partial charge < -0.3 is 15.5 Å². The van der Waals surface area contributed by atoms with Crippen LogP contribution in [0.2, 0.25) is 0 Å². The van der Waals surface area contributed by atoms with Gasteiger partial charge in [0.15, 0.2) is 0 Å². The Morgan fingerprint density at radius 1 is 1.18 bits per heavy atom. The third kappa shape index (κ3) is 7.08. The third-order valence-electron chi connectivity index (χ3n) is 9.64. The predicted octanol–water partition coefficient (Wildman–Crippen LogP) is 7.20. The van der Waals surface area contributed by atoms with Gasteiger partial charge in [0, 0.05) is 36.7 Å². The summed E-state index contributed by atoms with van der Waals surface area (Å²) in [4.78, 5) is 20.7. The molecule has 3 fully saturated rings. The summed E-state index contributed by atoms with van der Waals surface area (Å²) in [5.74, 6) is 2.37. The van der Waals surface area contributed by atoms with Crippen molar-refractivity contribution in [3.8, 4) is 0 Å². The zero-order valence-corrected chi connectivity index (χ0v) is 25.9. The first-order valence-electron chi connectivity index (χ1n) is 15.7. The van der Waals surface area contributed by atoms with Gasteiger partial charge in [-0.05, 0) is 93.2 Å². The third-order valence-corrected chi connectivity index (χ3v) is 9.64. The maximum absolute atomic E-state index is 13.9. The number of aromatic nitrogens is 1. The van der Waals surface area contributed by atoms with E-state index in [1.807, 2.05) is 6.07 Å². The summed E-state index contributed by atoms with van der Waals surface area (Å²) in [7, 11) is 1.76. The second kappa shape index (κ2) is 12.9. The maximum atomic E-state index is 13.9. The first kappa shape index (κ1) is 31.9. The van der Waals surface area contributed by atoms with Gasteiger partial charge in [-0.15, -0.1) is 0 Å². The first-order valence-corrected chi connectivity index (χ1v) is 15.7. The minimum atomic E-state index is -4.53. The molecular formula is C33H44F3N7O. The summed E-state index contributed by atoms with van der Waals surface area (Å²) in [5, 5.41) is 21.3. The molecule has 0 saturated heterocycles. The van der Waals surface area contributed by atoms with Crippen LogP contribution in [0.5, 0.6) is 0 Å². The summed E-state index contributed by atoms with van der Waals surface area (Å²) in [6.45, 7) is 4.46. The van der Waals surface area contributed by atoms with Crippen molar-refractivity contribution < 1.29 is 18.0 Å². The standard InChI is InChI=1S/C25H29F3N4O.C8H15N3/c1-24(10-5-11-24)29-14-16-12-18-19(20(13-16)25(26,27)28)15-32(23(18)33)22-9-4-8-21(31-22)30-17-6-2-3-7-17;1-6-3-7(4-6)8(10)11(2)5-9/h4,8-9,12-13,17,29H,2-3,5-7,10-11,14-15H2,1H3,(H,30,31);5-7,9-10H,3-4H2,1-2H3. The van der Waals surface area contributed by atoms with Gasteiger partial charge in [0.25, 0.3) is 5.91 Å². The minimum absolute atomic E-state index is 0.0297. The number of anilines is 2.